The lowest BCUT2D eigenvalue weighted by Gasteiger charge is -2.31. The smallest absolute Gasteiger partial charge is 0.322 e. The highest BCUT2D eigenvalue weighted by Crippen LogP contribution is 2.37. The van der Waals surface area contributed by atoms with E-state index in [1.165, 1.54) is 9.80 Å². The highest BCUT2D eigenvalue weighted by atomic mass is 35.5. The molecule has 0 bridgehead atoms. The minimum absolute atomic E-state index is 0.128. The maximum absolute atomic E-state index is 13.2. The van der Waals surface area contributed by atoms with E-state index in [0.717, 1.165) is 5.56 Å². The summed E-state index contributed by atoms with van der Waals surface area (Å²) in [5.74, 6) is -0.609. The molecule has 1 atom stereocenters. The number of likely N-dealkylation sites (N-methyl/N-ethyl adjacent to an activating group) is 1. The van der Waals surface area contributed by atoms with E-state index in [2.05, 4.69) is 10.6 Å². The molecule has 0 aliphatic carbocycles. The van der Waals surface area contributed by atoms with Crippen LogP contribution in [0.4, 0.5) is 4.79 Å². The van der Waals surface area contributed by atoms with Crippen LogP contribution in [0, 0.1) is 0 Å². The van der Waals surface area contributed by atoms with Crippen LogP contribution in [-0.2, 0) is 16.0 Å². The molecule has 4 amide bonds. The van der Waals surface area contributed by atoms with Crippen molar-refractivity contribution in [1.29, 1.82) is 0 Å². The summed E-state index contributed by atoms with van der Waals surface area (Å²) in [6.45, 7) is 0.393. The first-order valence-electron chi connectivity index (χ1n) is 10.3. The average molecular weight is 508 g/mol. The number of nitrogens with one attached hydrogen (secondary N) is 2. The molecule has 4 rings (SSSR count). The van der Waals surface area contributed by atoms with Crippen molar-refractivity contribution in [3.8, 4) is 0 Å². The van der Waals surface area contributed by atoms with Gasteiger partial charge in [0.25, 0.3) is 5.91 Å². The quantitative estimate of drug-likeness (QED) is 0.624. The van der Waals surface area contributed by atoms with E-state index in [1.807, 2.05) is 6.07 Å². The fourth-order valence-corrected chi connectivity index (χ4v) is 4.73. The van der Waals surface area contributed by atoms with E-state index in [-0.39, 0.29) is 30.9 Å². The van der Waals surface area contributed by atoms with Gasteiger partial charge in [0, 0.05) is 28.7 Å². The number of rotatable bonds is 6. The first-order chi connectivity index (χ1) is 15.8. The van der Waals surface area contributed by atoms with Crippen LogP contribution >= 0.6 is 34.8 Å². The lowest BCUT2D eigenvalue weighted by molar-refractivity contribution is -0.131. The molecule has 0 unspecified atom stereocenters. The Morgan fingerprint density at radius 3 is 2.61 bits per heavy atom. The molecule has 0 spiro atoms. The third kappa shape index (κ3) is 4.81. The van der Waals surface area contributed by atoms with Crippen LogP contribution in [0.1, 0.15) is 17.2 Å². The molecule has 0 saturated carbocycles. The van der Waals surface area contributed by atoms with Gasteiger partial charge in [0.05, 0.1) is 23.9 Å². The Hall–Kier alpha value is -2.74. The zero-order chi connectivity index (χ0) is 23.7. The summed E-state index contributed by atoms with van der Waals surface area (Å²) in [6, 6.07) is 11.3. The van der Waals surface area contributed by atoms with Crippen LogP contribution in [-0.4, -0.2) is 54.3 Å². The van der Waals surface area contributed by atoms with E-state index in [4.69, 9.17) is 34.8 Å². The Morgan fingerprint density at radius 1 is 1.12 bits per heavy atom. The summed E-state index contributed by atoms with van der Waals surface area (Å²) >= 11 is 18.4. The molecule has 172 valence electrons. The van der Waals surface area contributed by atoms with Crippen molar-refractivity contribution < 1.29 is 14.4 Å². The predicted molar refractivity (Wildman–Crippen MR) is 127 cm³/mol. The lowest BCUT2D eigenvalue weighted by Crippen LogP contribution is -2.45. The largest absolute Gasteiger partial charge is 0.354 e. The topological polar surface area (TPSA) is 81.8 Å². The molecule has 2 aliphatic heterocycles. The number of nitrogens with zero attached hydrogens (tertiary/aromatic N) is 2. The minimum Gasteiger partial charge on any atom is -0.354 e. The molecule has 0 aromatic heterocycles. The van der Waals surface area contributed by atoms with Gasteiger partial charge in [-0.05, 0) is 35.7 Å². The third-order valence-corrected chi connectivity index (χ3v) is 6.65. The lowest BCUT2D eigenvalue weighted by atomic mass is 9.96. The Kier molecular flexibility index (Phi) is 6.83. The Morgan fingerprint density at radius 2 is 1.88 bits per heavy atom. The van der Waals surface area contributed by atoms with Crippen molar-refractivity contribution in [2.75, 3.05) is 26.7 Å². The second kappa shape index (κ2) is 9.63. The monoisotopic (exact) mass is 506 g/mol. The number of hydrogen-bond acceptors (Lipinski definition) is 3. The van der Waals surface area contributed by atoms with Crippen LogP contribution in [0.5, 0.6) is 0 Å². The van der Waals surface area contributed by atoms with Crippen LogP contribution < -0.4 is 10.6 Å². The van der Waals surface area contributed by atoms with Gasteiger partial charge in [-0.3, -0.25) is 14.5 Å². The fourth-order valence-electron chi connectivity index (χ4n) is 3.98. The van der Waals surface area contributed by atoms with E-state index in [1.54, 1.807) is 43.4 Å². The van der Waals surface area contributed by atoms with Crippen LogP contribution in [0.3, 0.4) is 0 Å². The highest BCUT2D eigenvalue weighted by Gasteiger charge is 2.43. The molecule has 2 aliphatic rings. The Bertz CT molecular complexity index is 1170. The van der Waals surface area contributed by atoms with E-state index >= 15 is 0 Å². The Balaban J connectivity index is 1.43. The zero-order valence-corrected chi connectivity index (χ0v) is 20.0. The van der Waals surface area contributed by atoms with E-state index < -0.39 is 6.04 Å². The summed E-state index contributed by atoms with van der Waals surface area (Å²) in [7, 11) is 1.60. The van der Waals surface area contributed by atoms with Gasteiger partial charge in [0.2, 0.25) is 5.91 Å². The molecule has 10 heteroatoms. The number of halogens is 3. The van der Waals surface area contributed by atoms with Crippen molar-refractivity contribution in [2.45, 2.75) is 12.5 Å². The van der Waals surface area contributed by atoms with Gasteiger partial charge < -0.3 is 15.5 Å². The van der Waals surface area contributed by atoms with Gasteiger partial charge in [-0.2, -0.15) is 0 Å². The molecule has 2 aromatic rings. The molecule has 0 radical (unpaired) electrons. The summed E-state index contributed by atoms with van der Waals surface area (Å²) in [5, 5.41) is 7.18. The fraction of sp³-hybridized carbons (Fsp3) is 0.261. The Labute approximate surface area is 206 Å². The number of amides is 4. The highest BCUT2D eigenvalue weighted by molar-refractivity contribution is 6.35. The third-order valence-electron chi connectivity index (χ3n) is 5.72. The summed E-state index contributed by atoms with van der Waals surface area (Å²) < 4.78 is 0. The first-order valence-corrected chi connectivity index (χ1v) is 11.4. The van der Waals surface area contributed by atoms with Gasteiger partial charge in [-0.1, -0.05) is 59.1 Å². The van der Waals surface area contributed by atoms with Gasteiger partial charge in [0.1, 0.15) is 6.54 Å². The maximum Gasteiger partial charge on any atom is 0.322 e. The van der Waals surface area contributed by atoms with Crippen molar-refractivity contribution in [3.63, 3.8) is 0 Å². The standard InChI is InChI=1S/C23H21Cl3N4O3/c1-29-18-11-30(12-19(31)27-9-8-13-6-7-14(24)10-17(13)26)22(32)20(18)21(28-23(29)33)15-4-2-3-5-16(15)25/h2-7,10,21H,8-9,11-12H2,1H3,(H,27,31)(H,28,33)/t21-/m1/s1. The van der Waals surface area contributed by atoms with Gasteiger partial charge >= 0.3 is 6.03 Å². The number of urea groups is 1. The van der Waals surface area contributed by atoms with Gasteiger partial charge in [-0.15, -0.1) is 0 Å². The summed E-state index contributed by atoms with van der Waals surface area (Å²) in [5.41, 5.74) is 2.48. The van der Waals surface area contributed by atoms with Crippen molar-refractivity contribution in [2.24, 2.45) is 0 Å². The zero-order valence-electron chi connectivity index (χ0n) is 17.7. The van der Waals surface area contributed by atoms with Crippen LogP contribution in [0.2, 0.25) is 15.1 Å². The van der Waals surface area contributed by atoms with Crippen molar-refractivity contribution in [3.05, 3.63) is 79.9 Å². The normalized spacial score (nSPS) is 17.9. The molecule has 2 N–H and O–H groups in total. The summed E-state index contributed by atoms with van der Waals surface area (Å²) in [6.07, 6.45) is 0.528. The predicted octanol–water partition coefficient (Wildman–Crippen LogP) is 3.80. The van der Waals surface area contributed by atoms with Crippen LogP contribution in [0.15, 0.2) is 53.7 Å². The minimum atomic E-state index is -0.676. The molecule has 0 saturated heterocycles. The number of benzene rings is 2. The second-order valence-corrected chi connectivity index (χ2v) is 9.07. The van der Waals surface area contributed by atoms with Crippen molar-refractivity contribution >= 4 is 52.6 Å². The molecule has 2 heterocycles. The molecule has 33 heavy (non-hydrogen) atoms. The summed E-state index contributed by atoms with van der Waals surface area (Å²) in [4.78, 5) is 41.1. The average Bonchev–Trinajstić information content (AvgIpc) is 3.09. The number of carbonyl (C=O) groups excluding carboxylic acids is 3. The molecular formula is C23H21Cl3N4O3. The second-order valence-electron chi connectivity index (χ2n) is 7.82. The maximum atomic E-state index is 13.2. The number of carbonyl (C=O) groups is 3. The molecular weight excluding hydrogens is 487 g/mol. The first kappa shape index (κ1) is 23.4. The van der Waals surface area contributed by atoms with Gasteiger partial charge in [0.15, 0.2) is 0 Å². The van der Waals surface area contributed by atoms with Crippen molar-refractivity contribution in [1.82, 2.24) is 20.4 Å². The molecule has 0 fully saturated rings. The number of hydrogen-bond donors (Lipinski definition) is 2. The van der Waals surface area contributed by atoms with Crippen LogP contribution in [0.25, 0.3) is 0 Å². The SMILES string of the molecule is CN1C(=O)N[C@H](c2ccccc2Cl)C2=C1CN(CC(=O)NCCc1ccc(Cl)cc1Cl)C2=O. The van der Waals surface area contributed by atoms with Gasteiger partial charge in [-0.25, -0.2) is 4.79 Å². The van der Waals surface area contributed by atoms with E-state index in [9.17, 15) is 14.4 Å². The molecule has 7 nitrogen and oxygen atoms in total. The van der Waals surface area contributed by atoms with E-state index in [0.29, 0.717) is 44.9 Å². The molecule has 2 aromatic carbocycles.